The molecule has 0 saturated heterocycles. The SMILES string of the molecule is CCCN(CCC)c1cc(Cl)nc(SCC(=O)NC(C)CCCN(CC)CC)n1. The van der Waals surface area contributed by atoms with E-state index < -0.39 is 0 Å². The van der Waals surface area contributed by atoms with Crippen LogP contribution >= 0.6 is 23.4 Å². The second kappa shape index (κ2) is 14.9. The molecule has 1 unspecified atom stereocenters. The first kappa shape index (κ1) is 26.0. The summed E-state index contributed by atoms with van der Waals surface area (Å²) in [6.07, 6.45) is 4.15. The topological polar surface area (TPSA) is 61.4 Å². The predicted octanol–water partition coefficient (Wildman–Crippen LogP) is 4.48. The molecule has 1 rings (SSSR count). The maximum atomic E-state index is 12.3. The molecule has 0 saturated carbocycles. The summed E-state index contributed by atoms with van der Waals surface area (Å²) in [5, 5.41) is 4.04. The molecule has 0 aliphatic carbocycles. The van der Waals surface area contributed by atoms with Gasteiger partial charge in [0.25, 0.3) is 0 Å². The molecule has 6 nitrogen and oxygen atoms in total. The van der Waals surface area contributed by atoms with Gasteiger partial charge < -0.3 is 15.1 Å². The van der Waals surface area contributed by atoms with Crippen molar-refractivity contribution in [3.63, 3.8) is 0 Å². The molecule has 0 aromatic carbocycles. The molecule has 1 atom stereocenters. The molecule has 1 aromatic heterocycles. The first-order valence-corrected chi connectivity index (χ1v) is 12.2. The molecule has 1 aromatic rings. The highest BCUT2D eigenvalue weighted by Gasteiger charge is 2.13. The number of hydrogen-bond donors (Lipinski definition) is 1. The third-order valence-corrected chi connectivity index (χ3v) is 5.76. The number of halogens is 1. The van der Waals surface area contributed by atoms with E-state index in [-0.39, 0.29) is 11.9 Å². The van der Waals surface area contributed by atoms with Gasteiger partial charge in [-0.2, -0.15) is 0 Å². The fourth-order valence-electron chi connectivity index (χ4n) is 3.17. The zero-order valence-electron chi connectivity index (χ0n) is 18.7. The van der Waals surface area contributed by atoms with Gasteiger partial charge in [0.15, 0.2) is 5.16 Å². The fraction of sp³-hybridized carbons (Fsp3) is 0.762. The Morgan fingerprint density at radius 3 is 2.38 bits per heavy atom. The van der Waals surface area contributed by atoms with Crippen LogP contribution in [-0.2, 0) is 4.79 Å². The van der Waals surface area contributed by atoms with Gasteiger partial charge in [0.1, 0.15) is 11.0 Å². The Balaban J connectivity index is 2.52. The van der Waals surface area contributed by atoms with E-state index >= 15 is 0 Å². The fourth-order valence-corrected chi connectivity index (χ4v) is 4.06. The Morgan fingerprint density at radius 2 is 1.79 bits per heavy atom. The Bertz CT molecular complexity index is 594. The van der Waals surface area contributed by atoms with E-state index in [1.165, 1.54) is 11.8 Å². The average molecular weight is 444 g/mol. The number of nitrogens with one attached hydrogen (secondary N) is 1. The summed E-state index contributed by atoms with van der Waals surface area (Å²) in [6, 6.07) is 1.97. The number of aromatic nitrogens is 2. The molecule has 0 radical (unpaired) electrons. The second-order valence-electron chi connectivity index (χ2n) is 7.24. The Morgan fingerprint density at radius 1 is 1.14 bits per heavy atom. The number of rotatable bonds is 15. The lowest BCUT2D eigenvalue weighted by molar-refractivity contribution is -0.119. The lowest BCUT2D eigenvalue weighted by atomic mass is 10.2. The lowest BCUT2D eigenvalue weighted by Crippen LogP contribution is -2.34. The minimum Gasteiger partial charge on any atom is -0.356 e. The first-order valence-electron chi connectivity index (χ1n) is 10.9. The van der Waals surface area contributed by atoms with Crippen molar-refractivity contribution >= 4 is 35.1 Å². The van der Waals surface area contributed by atoms with E-state index in [0.717, 1.165) is 64.2 Å². The maximum Gasteiger partial charge on any atom is 0.230 e. The number of anilines is 1. The summed E-state index contributed by atoms with van der Waals surface area (Å²) in [5.41, 5.74) is 0. The van der Waals surface area contributed by atoms with Crippen molar-refractivity contribution in [2.75, 3.05) is 43.4 Å². The molecule has 0 fully saturated rings. The van der Waals surface area contributed by atoms with Gasteiger partial charge in [-0.25, -0.2) is 9.97 Å². The largest absolute Gasteiger partial charge is 0.356 e. The highest BCUT2D eigenvalue weighted by Crippen LogP contribution is 2.22. The van der Waals surface area contributed by atoms with E-state index in [0.29, 0.717) is 16.1 Å². The van der Waals surface area contributed by atoms with Gasteiger partial charge in [-0.15, -0.1) is 0 Å². The summed E-state index contributed by atoms with van der Waals surface area (Å²) < 4.78 is 0. The zero-order valence-corrected chi connectivity index (χ0v) is 20.3. The van der Waals surface area contributed by atoms with Crippen LogP contribution in [0.1, 0.15) is 60.3 Å². The lowest BCUT2D eigenvalue weighted by Gasteiger charge is -2.23. The third kappa shape index (κ3) is 10.5. The van der Waals surface area contributed by atoms with Crippen LogP contribution in [-0.4, -0.2) is 65.3 Å². The number of nitrogens with zero attached hydrogens (tertiary/aromatic N) is 4. The minimum absolute atomic E-state index is 0.00874. The predicted molar refractivity (Wildman–Crippen MR) is 125 cm³/mol. The monoisotopic (exact) mass is 443 g/mol. The standard InChI is InChI=1S/C21H38ClN5OS/c1-6-12-27(13-7-2)19-15-18(22)24-21(25-19)29-16-20(28)23-17(5)11-10-14-26(8-3)9-4/h15,17H,6-14,16H2,1-5H3,(H,23,28). The van der Waals surface area contributed by atoms with Crippen LogP contribution in [0.4, 0.5) is 5.82 Å². The van der Waals surface area contributed by atoms with Crippen LogP contribution in [0.2, 0.25) is 5.15 Å². The number of carbonyl (C=O) groups is 1. The molecule has 0 aliphatic heterocycles. The van der Waals surface area contributed by atoms with E-state index in [9.17, 15) is 4.79 Å². The molecule has 166 valence electrons. The Hall–Kier alpha value is -1.05. The van der Waals surface area contributed by atoms with Crippen molar-refractivity contribution in [1.82, 2.24) is 20.2 Å². The zero-order chi connectivity index (χ0) is 21.6. The van der Waals surface area contributed by atoms with Crippen molar-refractivity contribution in [2.45, 2.75) is 71.5 Å². The van der Waals surface area contributed by atoms with Gasteiger partial charge in [0.2, 0.25) is 5.91 Å². The Labute approximate surface area is 186 Å². The molecule has 1 amide bonds. The second-order valence-corrected chi connectivity index (χ2v) is 8.57. The van der Waals surface area contributed by atoms with Crippen molar-refractivity contribution < 1.29 is 4.79 Å². The van der Waals surface area contributed by atoms with Crippen molar-refractivity contribution in [1.29, 1.82) is 0 Å². The summed E-state index contributed by atoms with van der Waals surface area (Å²) in [5.74, 6) is 1.14. The smallest absolute Gasteiger partial charge is 0.230 e. The van der Waals surface area contributed by atoms with Crippen LogP contribution in [0.15, 0.2) is 11.2 Å². The molecule has 29 heavy (non-hydrogen) atoms. The molecule has 8 heteroatoms. The van der Waals surface area contributed by atoms with Crippen molar-refractivity contribution in [3.05, 3.63) is 11.2 Å². The molecule has 1 N–H and O–H groups in total. The van der Waals surface area contributed by atoms with Gasteiger partial charge in [-0.1, -0.05) is 51.1 Å². The van der Waals surface area contributed by atoms with E-state index in [4.69, 9.17) is 11.6 Å². The normalized spacial score (nSPS) is 12.2. The van der Waals surface area contributed by atoms with Crippen molar-refractivity contribution in [3.8, 4) is 0 Å². The van der Waals surface area contributed by atoms with Gasteiger partial charge in [0.05, 0.1) is 5.75 Å². The van der Waals surface area contributed by atoms with Crippen LogP contribution < -0.4 is 10.2 Å². The highest BCUT2D eigenvalue weighted by atomic mass is 35.5. The summed E-state index contributed by atoms with van der Waals surface area (Å²) in [7, 11) is 0. The number of hydrogen-bond acceptors (Lipinski definition) is 6. The van der Waals surface area contributed by atoms with Crippen LogP contribution in [0.5, 0.6) is 0 Å². The van der Waals surface area contributed by atoms with Gasteiger partial charge in [0, 0.05) is 25.2 Å². The van der Waals surface area contributed by atoms with E-state index in [1.54, 1.807) is 6.07 Å². The highest BCUT2D eigenvalue weighted by molar-refractivity contribution is 7.99. The molecule has 0 aliphatic rings. The Kier molecular flexibility index (Phi) is 13.3. The van der Waals surface area contributed by atoms with Gasteiger partial charge in [-0.3, -0.25) is 4.79 Å². The minimum atomic E-state index is 0.00874. The number of amides is 1. The van der Waals surface area contributed by atoms with E-state index in [1.807, 2.05) is 0 Å². The molecular weight excluding hydrogens is 406 g/mol. The molecule has 1 heterocycles. The average Bonchev–Trinajstić information content (AvgIpc) is 2.69. The number of carbonyl (C=O) groups excluding carboxylic acids is 1. The van der Waals surface area contributed by atoms with Crippen LogP contribution in [0, 0.1) is 0 Å². The van der Waals surface area contributed by atoms with Gasteiger partial charge >= 0.3 is 0 Å². The summed E-state index contributed by atoms with van der Waals surface area (Å²) in [4.78, 5) is 25.8. The first-order chi connectivity index (χ1) is 13.9. The van der Waals surface area contributed by atoms with Crippen LogP contribution in [0.3, 0.4) is 0 Å². The van der Waals surface area contributed by atoms with Crippen molar-refractivity contribution in [2.24, 2.45) is 0 Å². The summed E-state index contributed by atoms with van der Waals surface area (Å²) >= 11 is 7.54. The molecule has 0 bridgehead atoms. The maximum absolute atomic E-state index is 12.3. The van der Waals surface area contributed by atoms with Gasteiger partial charge in [-0.05, 0) is 52.2 Å². The molecule has 0 spiro atoms. The summed E-state index contributed by atoms with van der Waals surface area (Å²) in [6.45, 7) is 15.8. The van der Waals surface area contributed by atoms with Crippen LogP contribution in [0.25, 0.3) is 0 Å². The third-order valence-electron chi connectivity index (χ3n) is 4.72. The quantitative estimate of drug-likeness (QED) is 0.245. The number of thioether (sulfide) groups is 1. The van der Waals surface area contributed by atoms with E-state index in [2.05, 4.69) is 59.7 Å². The molecular formula is C21H38ClN5OS.